The standard InChI is InChI=1S/C10H8O3/c1-6-7-4-2-3-5-8(7)10(12)13-9(6)11/h2-6H,1H3/t6-/m0/s1. The van der Waals surface area contributed by atoms with E-state index < -0.39 is 11.9 Å². The summed E-state index contributed by atoms with van der Waals surface area (Å²) in [6, 6.07) is 7.00. The van der Waals surface area contributed by atoms with Crippen LogP contribution in [-0.4, -0.2) is 11.9 Å². The maximum atomic E-state index is 11.2. The molecule has 1 heterocycles. The maximum absolute atomic E-state index is 11.2. The number of carbonyl (C=O) groups excluding carboxylic acids is 2. The Hall–Kier alpha value is -1.64. The molecule has 0 aliphatic carbocycles. The molecule has 0 unspecified atom stereocenters. The highest BCUT2D eigenvalue weighted by atomic mass is 16.6. The number of ether oxygens (including phenoxy) is 1. The van der Waals surface area contributed by atoms with Crippen molar-refractivity contribution in [3.8, 4) is 0 Å². The summed E-state index contributed by atoms with van der Waals surface area (Å²) in [5.41, 5.74) is 1.25. The van der Waals surface area contributed by atoms with E-state index in [4.69, 9.17) is 0 Å². The summed E-state index contributed by atoms with van der Waals surface area (Å²) in [5.74, 6) is -1.35. The smallest absolute Gasteiger partial charge is 0.346 e. The molecule has 0 saturated carbocycles. The van der Waals surface area contributed by atoms with Crippen LogP contribution in [-0.2, 0) is 9.53 Å². The van der Waals surface area contributed by atoms with E-state index in [2.05, 4.69) is 4.74 Å². The third-order valence-corrected chi connectivity index (χ3v) is 2.19. The molecule has 0 aromatic heterocycles. The largest absolute Gasteiger partial charge is 0.389 e. The van der Waals surface area contributed by atoms with Gasteiger partial charge in [-0.3, -0.25) is 4.79 Å². The monoisotopic (exact) mass is 176 g/mol. The number of benzene rings is 1. The van der Waals surface area contributed by atoms with Crippen LogP contribution in [0.15, 0.2) is 24.3 Å². The number of fused-ring (bicyclic) bond motifs is 1. The van der Waals surface area contributed by atoms with Crippen molar-refractivity contribution >= 4 is 11.9 Å². The molecule has 0 N–H and O–H groups in total. The third-order valence-electron chi connectivity index (χ3n) is 2.19. The van der Waals surface area contributed by atoms with E-state index in [0.29, 0.717) is 5.56 Å². The van der Waals surface area contributed by atoms with Gasteiger partial charge in [-0.2, -0.15) is 0 Å². The van der Waals surface area contributed by atoms with Crippen molar-refractivity contribution in [3.63, 3.8) is 0 Å². The Kier molecular flexibility index (Phi) is 1.65. The molecule has 3 heteroatoms. The Labute approximate surface area is 75.3 Å². The molecule has 0 saturated heterocycles. The van der Waals surface area contributed by atoms with Crippen LogP contribution >= 0.6 is 0 Å². The maximum Gasteiger partial charge on any atom is 0.346 e. The molecule has 0 radical (unpaired) electrons. The van der Waals surface area contributed by atoms with Gasteiger partial charge in [0.25, 0.3) is 0 Å². The first kappa shape index (κ1) is 7.98. The van der Waals surface area contributed by atoms with E-state index in [9.17, 15) is 9.59 Å². The zero-order valence-electron chi connectivity index (χ0n) is 7.11. The van der Waals surface area contributed by atoms with Crippen LogP contribution in [0.2, 0.25) is 0 Å². The number of rotatable bonds is 0. The van der Waals surface area contributed by atoms with Gasteiger partial charge in [-0.15, -0.1) is 0 Å². The van der Waals surface area contributed by atoms with Crippen molar-refractivity contribution in [2.45, 2.75) is 12.8 Å². The minimum Gasteiger partial charge on any atom is -0.389 e. The fourth-order valence-electron chi connectivity index (χ4n) is 1.42. The summed E-state index contributed by atoms with van der Waals surface area (Å²) >= 11 is 0. The van der Waals surface area contributed by atoms with Crippen molar-refractivity contribution in [1.82, 2.24) is 0 Å². The van der Waals surface area contributed by atoms with E-state index in [-0.39, 0.29) is 5.92 Å². The second-order valence-corrected chi connectivity index (χ2v) is 3.02. The van der Waals surface area contributed by atoms with E-state index >= 15 is 0 Å². The van der Waals surface area contributed by atoms with Crippen LogP contribution in [0.25, 0.3) is 0 Å². The quantitative estimate of drug-likeness (QED) is 0.444. The molecule has 3 nitrogen and oxygen atoms in total. The minimum atomic E-state index is -0.543. The first-order valence-corrected chi connectivity index (χ1v) is 4.05. The lowest BCUT2D eigenvalue weighted by atomic mass is 9.94. The molecule has 66 valence electrons. The van der Waals surface area contributed by atoms with E-state index in [1.54, 1.807) is 31.2 Å². The summed E-state index contributed by atoms with van der Waals surface area (Å²) in [6.45, 7) is 1.73. The molecule has 1 atom stereocenters. The normalized spacial score (nSPS) is 20.8. The molecular formula is C10H8O3. The molecule has 13 heavy (non-hydrogen) atoms. The minimum absolute atomic E-state index is 0.339. The summed E-state index contributed by atoms with van der Waals surface area (Å²) in [5, 5.41) is 0. The number of carbonyl (C=O) groups is 2. The molecule has 0 amide bonds. The van der Waals surface area contributed by atoms with Crippen molar-refractivity contribution < 1.29 is 14.3 Å². The molecule has 1 aliphatic rings. The summed E-state index contributed by atoms with van der Waals surface area (Å²) in [6.07, 6.45) is 0. The van der Waals surface area contributed by atoms with Crippen LogP contribution in [0.1, 0.15) is 28.8 Å². The summed E-state index contributed by atoms with van der Waals surface area (Å²) in [4.78, 5) is 22.3. The van der Waals surface area contributed by atoms with Crippen molar-refractivity contribution in [3.05, 3.63) is 35.4 Å². The van der Waals surface area contributed by atoms with Gasteiger partial charge in [0.2, 0.25) is 0 Å². The fourth-order valence-corrected chi connectivity index (χ4v) is 1.42. The summed E-state index contributed by atoms with van der Waals surface area (Å²) < 4.78 is 4.55. The molecule has 1 aromatic rings. The molecule has 0 fully saturated rings. The number of esters is 2. The molecule has 1 aromatic carbocycles. The van der Waals surface area contributed by atoms with E-state index in [0.717, 1.165) is 5.56 Å². The number of hydrogen-bond acceptors (Lipinski definition) is 3. The molecule has 0 spiro atoms. The Bertz CT molecular complexity index is 382. The SMILES string of the molecule is C[C@@H]1C(=O)OC(=O)c2ccccc21. The van der Waals surface area contributed by atoms with Gasteiger partial charge < -0.3 is 4.74 Å². The first-order valence-electron chi connectivity index (χ1n) is 4.05. The summed E-state index contributed by atoms with van der Waals surface area (Å²) in [7, 11) is 0. The van der Waals surface area contributed by atoms with E-state index in [1.165, 1.54) is 0 Å². The highest BCUT2D eigenvalue weighted by Crippen LogP contribution is 2.26. The van der Waals surface area contributed by atoms with Gasteiger partial charge in [-0.05, 0) is 18.6 Å². The van der Waals surface area contributed by atoms with Gasteiger partial charge in [0.1, 0.15) is 0 Å². The average Bonchev–Trinajstić information content (AvgIpc) is 2.15. The zero-order valence-corrected chi connectivity index (χ0v) is 7.11. The predicted octanol–water partition coefficient (Wildman–Crippen LogP) is 1.49. The predicted molar refractivity (Wildman–Crippen MR) is 45.3 cm³/mol. The lowest BCUT2D eigenvalue weighted by Crippen LogP contribution is -2.25. The average molecular weight is 176 g/mol. The molecule has 0 bridgehead atoms. The van der Waals surface area contributed by atoms with Crippen molar-refractivity contribution in [2.75, 3.05) is 0 Å². The Morgan fingerprint density at radius 3 is 2.69 bits per heavy atom. The molecule has 2 rings (SSSR count). The van der Waals surface area contributed by atoms with Crippen LogP contribution < -0.4 is 0 Å². The molecule has 1 aliphatic heterocycles. The van der Waals surface area contributed by atoms with Crippen LogP contribution in [0.5, 0.6) is 0 Å². The Balaban J connectivity index is 2.60. The number of cyclic esters (lactones) is 2. The lowest BCUT2D eigenvalue weighted by Gasteiger charge is -2.19. The van der Waals surface area contributed by atoms with Gasteiger partial charge in [-0.25, -0.2) is 4.79 Å². The van der Waals surface area contributed by atoms with Gasteiger partial charge >= 0.3 is 11.9 Å². The third kappa shape index (κ3) is 1.13. The Morgan fingerprint density at radius 2 is 1.92 bits per heavy atom. The lowest BCUT2D eigenvalue weighted by molar-refractivity contribution is -0.140. The van der Waals surface area contributed by atoms with Gasteiger partial charge in [-0.1, -0.05) is 18.2 Å². The van der Waals surface area contributed by atoms with Gasteiger partial charge in [0.15, 0.2) is 0 Å². The van der Waals surface area contributed by atoms with Crippen LogP contribution in [0.3, 0.4) is 0 Å². The second kappa shape index (κ2) is 2.69. The molecular weight excluding hydrogens is 168 g/mol. The van der Waals surface area contributed by atoms with Crippen molar-refractivity contribution in [2.24, 2.45) is 0 Å². The van der Waals surface area contributed by atoms with Crippen molar-refractivity contribution in [1.29, 1.82) is 0 Å². The Morgan fingerprint density at radius 1 is 1.23 bits per heavy atom. The highest BCUT2D eigenvalue weighted by molar-refractivity contribution is 6.04. The van der Waals surface area contributed by atoms with Crippen LogP contribution in [0, 0.1) is 0 Å². The topological polar surface area (TPSA) is 43.4 Å². The first-order chi connectivity index (χ1) is 6.20. The second-order valence-electron chi connectivity index (χ2n) is 3.02. The zero-order chi connectivity index (χ0) is 9.42. The number of hydrogen-bond donors (Lipinski definition) is 0. The fraction of sp³-hybridized carbons (Fsp3) is 0.200. The van der Waals surface area contributed by atoms with Gasteiger partial charge in [0, 0.05) is 0 Å². The van der Waals surface area contributed by atoms with Gasteiger partial charge in [0.05, 0.1) is 11.5 Å². The van der Waals surface area contributed by atoms with E-state index in [1.807, 2.05) is 0 Å². The highest BCUT2D eigenvalue weighted by Gasteiger charge is 2.30. The van der Waals surface area contributed by atoms with Crippen LogP contribution in [0.4, 0.5) is 0 Å².